The zero-order valence-corrected chi connectivity index (χ0v) is 23.9. The number of ether oxygens (including phenoxy) is 1. The lowest BCUT2D eigenvalue weighted by Crippen LogP contribution is -2.48. The molecule has 1 amide bonds. The third-order valence-corrected chi connectivity index (χ3v) is 8.55. The van der Waals surface area contributed by atoms with Crippen LogP contribution in [-0.4, -0.2) is 46.2 Å². The predicted molar refractivity (Wildman–Crippen MR) is 156 cm³/mol. The summed E-state index contributed by atoms with van der Waals surface area (Å²) in [7, 11) is 0. The first kappa shape index (κ1) is 25.9. The summed E-state index contributed by atoms with van der Waals surface area (Å²) >= 11 is 6.24. The van der Waals surface area contributed by atoms with Crippen molar-refractivity contribution in [2.45, 2.75) is 70.3 Å². The molecule has 1 saturated heterocycles. The smallest absolute Gasteiger partial charge is 0.410 e. The number of carbonyl (C=O) groups excluding carboxylic acids is 1. The minimum atomic E-state index is -0.506. The van der Waals surface area contributed by atoms with E-state index in [-0.39, 0.29) is 11.5 Å². The van der Waals surface area contributed by atoms with Crippen LogP contribution in [0.5, 0.6) is 0 Å². The Morgan fingerprint density at radius 2 is 1.87 bits per heavy atom. The van der Waals surface area contributed by atoms with Crippen molar-refractivity contribution in [1.29, 1.82) is 0 Å². The molecule has 1 N–H and O–H groups in total. The van der Waals surface area contributed by atoms with Crippen LogP contribution in [0, 0.1) is 0 Å². The number of nitrogens with zero attached hydrogens (tertiary/aromatic N) is 4. The van der Waals surface area contributed by atoms with Gasteiger partial charge in [0.1, 0.15) is 17.7 Å². The second kappa shape index (κ2) is 9.70. The van der Waals surface area contributed by atoms with Crippen LogP contribution in [0.1, 0.15) is 69.7 Å². The van der Waals surface area contributed by atoms with E-state index in [4.69, 9.17) is 21.3 Å². The van der Waals surface area contributed by atoms with Crippen LogP contribution < -0.4 is 10.2 Å². The molecule has 1 atom stereocenters. The SMILES string of the molecule is CC1CCc2ncnc(N3CC4(CCN(C(=O)OC(C)(C)C)CC4)c4cc(Nc5cccc(Cl)c5)ccc43)c21. The molecule has 204 valence electrons. The lowest BCUT2D eigenvalue weighted by Gasteiger charge is -2.40. The Labute approximate surface area is 235 Å². The van der Waals surface area contributed by atoms with Crippen LogP contribution in [0.3, 0.4) is 0 Å². The minimum absolute atomic E-state index is 0.0977. The third-order valence-electron chi connectivity index (χ3n) is 8.31. The molecule has 3 aliphatic rings. The maximum atomic E-state index is 12.9. The number of aryl methyl sites for hydroxylation is 1. The Morgan fingerprint density at radius 1 is 1.10 bits per heavy atom. The normalized spacial score (nSPS) is 19.7. The van der Waals surface area contributed by atoms with Gasteiger partial charge in [-0.15, -0.1) is 0 Å². The monoisotopic (exact) mass is 545 g/mol. The van der Waals surface area contributed by atoms with E-state index in [9.17, 15) is 4.79 Å². The number of halogens is 1. The summed E-state index contributed by atoms with van der Waals surface area (Å²) in [5.74, 6) is 1.47. The molecule has 1 aliphatic carbocycles. The van der Waals surface area contributed by atoms with Gasteiger partial charge in [-0.25, -0.2) is 14.8 Å². The van der Waals surface area contributed by atoms with E-state index in [1.807, 2.05) is 49.9 Å². The van der Waals surface area contributed by atoms with Crippen LogP contribution in [0.4, 0.5) is 27.7 Å². The first-order valence-electron chi connectivity index (χ1n) is 13.9. The van der Waals surface area contributed by atoms with Crippen molar-refractivity contribution in [2.24, 2.45) is 0 Å². The van der Waals surface area contributed by atoms with Gasteiger partial charge in [-0.2, -0.15) is 0 Å². The van der Waals surface area contributed by atoms with Crippen LogP contribution in [0.25, 0.3) is 0 Å². The molecule has 3 heterocycles. The van der Waals surface area contributed by atoms with Crippen LogP contribution >= 0.6 is 11.6 Å². The molecule has 6 rings (SSSR count). The Hall–Kier alpha value is -3.32. The van der Waals surface area contributed by atoms with Crippen molar-refractivity contribution in [3.8, 4) is 0 Å². The number of rotatable bonds is 3. The van der Waals surface area contributed by atoms with Crippen LogP contribution in [-0.2, 0) is 16.6 Å². The van der Waals surface area contributed by atoms with Gasteiger partial charge in [0.25, 0.3) is 0 Å². The second-order valence-electron chi connectivity index (χ2n) is 12.2. The van der Waals surface area contributed by atoms with Crippen LogP contribution in [0.15, 0.2) is 48.8 Å². The Bertz CT molecular complexity index is 1410. The van der Waals surface area contributed by atoms with E-state index >= 15 is 0 Å². The number of amides is 1. The molecule has 2 aromatic carbocycles. The quantitative estimate of drug-likeness (QED) is 0.371. The predicted octanol–water partition coefficient (Wildman–Crippen LogP) is 7.34. The van der Waals surface area contributed by atoms with Crippen molar-refractivity contribution in [1.82, 2.24) is 14.9 Å². The summed E-state index contributed by atoms with van der Waals surface area (Å²) in [6.07, 6.45) is 5.33. The summed E-state index contributed by atoms with van der Waals surface area (Å²) in [4.78, 5) is 26.6. The second-order valence-corrected chi connectivity index (χ2v) is 12.6. The standard InChI is InChI=1S/C31H36ClN5O2/c1-20-8-10-25-27(20)28(34-19-33-25)37-18-31(12-14-36(15-13-31)29(38)39-30(2,3)4)24-17-23(9-11-26(24)37)35-22-7-5-6-21(32)16-22/h5-7,9,11,16-17,19-20,35H,8,10,12-15,18H2,1-4H3. The Morgan fingerprint density at radius 3 is 2.62 bits per heavy atom. The average Bonchev–Trinajstić information content (AvgIpc) is 3.42. The lowest BCUT2D eigenvalue weighted by molar-refractivity contribution is 0.0171. The molecule has 8 heteroatoms. The molecular weight excluding hydrogens is 510 g/mol. The van der Waals surface area contributed by atoms with Crippen LogP contribution in [0.2, 0.25) is 5.02 Å². The average molecular weight is 546 g/mol. The number of hydrogen-bond donors (Lipinski definition) is 1. The fourth-order valence-corrected chi connectivity index (χ4v) is 6.57. The van der Waals surface area contributed by atoms with Crippen molar-refractivity contribution in [2.75, 3.05) is 29.9 Å². The van der Waals surface area contributed by atoms with Gasteiger partial charge in [0.2, 0.25) is 0 Å². The first-order chi connectivity index (χ1) is 18.6. The molecule has 1 spiro atoms. The summed E-state index contributed by atoms with van der Waals surface area (Å²) in [6.45, 7) is 10.2. The zero-order chi connectivity index (χ0) is 27.4. The molecular formula is C31H36ClN5O2. The minimum Gasteiger partial charge on any atom is -0.444 e. The lowest BCUT2D eigenvalue weighted by atomic mass is 9.74. The third kappa shape index (κ3) is 4.93. The fourth-order valence-electron chi connectivity index (χ4n) is 6.38. The van der Waals surface area contributed by atoms with Gasteiger partial charge in [0.05, 0.1) is 0 Å². The van der Waals surface area contributed by atoms with E-state index in [1.54, 1.807) is 6.33 Å². The van der Waals surface area contributed by atoms with Gasteiger partial charge < -0.3 is 19.9 Å². The first-order valence-corrected chi connectivity index (χ1v) is 14.3. The maximum absolute atomic E-state index is 12.9. The van der Waals surface area contributed by atoms with E-state index in [0.29, 0.717) is 24.0 Å². The van der Waals surface area contributed by atoms with E-state index in [2.05, 4.69) is 40.3 Å². The summed E-state index contributed by atoms with van der Waals surface area (Å²) in [5, 5.41) is 4.24. The molecule has 1 fully saturated rings. The molecule has 0 bridgehead atoms. The summed E-state index contributed by atoms with van der Waals surface area (Å²) in [6, 6.07) is 14.4. The summed E-state index contributed by atoms with van der Waals surface area (Å²) in [5.41, 5.74) is 6.32. The van der Waals surface area contributed by atoms with E-state index in [1.165, 1.54) is 22.5 Å². The number of fused-ring (bicyclic) bond motifs is 3. The Kier molecular flexibility index (Phi) is 6.45. The van der Waals surface area contributed by atoms with Crippen molar-refractivity contribution < 1.29 is 9.53 Å². The fraction of sp³-hybridized carbons (Fsp3) is 0.452. The van der Waals surface area contributed by atoms with Gasteiger partial charge in [0, 0.05) is 58.4 Å². The largest absolute Gasteiger partial charge is 0.444 e. The highest BCUT2D eigenvalue weighted by Gasteiger charge is 2.47. The number of likely N-dealkylation sites (tertiary alicyclic amines) is 1. The van der Waals surface area contributed by atoms with Gasteiger partial charge in [-0.3, -0.25) is 0 Å². The topological polar surface area (TPSA) is 70.6 Å². The number of carbonyl (C=O) groups is 1. The Balaban J connectivity index is 1.36. The van der Waals surface area contributed by atoms with Gasteiger partial charge in [-0.05, 0) is 94.3 Å². The van der Waals surface area contributed by atoms with Gasteiger partial charge in [-0.1, -0.05) is 24.6 Å². The molecule has 3 aromatic rings. The number of hydrogen-bond acceptors (Lipinski definition) is 6. The number of nitrogens with one attached hydrogen (secondary N) is 1. The van der Waals surface area contributed by atoms with E-state index in [0.717, 1.165) is 49.4 Å². The number of aromatic nitrogens is 2. The van der Waals surface area contributed by atoms with Crippen molar-refractivity contribution in [3.05, 3.63) is 70.6 Å². The molecule has 0 radical (unpaired) electrons. The molecule has 7 nitrogen and oxygen atoms in total. The zero-order valence-electron chi connectivity index (χ0n) is 23.1. The van der Waals surface area contributed by atoms with Gasteiger partial charge in [0.15, 0.2) is 0 Å². The van der Waals surface area contributed by atoms with E-state index < -0.39 is 5.60 Å². The number of piperidine rings is 1. The maximum Gasteiger partial charge on any atom is 0.410 e. The van der Waals surface area contributed by atoms with Gasteiger partial charge >= 0.3 is 6.09 Å². The van der Waals surface area contributed by atoms with Crippen molar-refractivity contribution >= 4 is 40.6 Å². The van der Waals surface area contributed by atoms with Crippen molar-refractivity contribution in [3.63, 3.8) is 0 Å². The number of anilines is 4. The summed E-state index contributed by atoms with van der Waals surface area (Å²) < 4.78 is 5.68. The molecule has 0 saturated carbocycles. The highest BCUT2D eigenvalue weighted by Crippen LogP contribution is 2.52. The molecule has 2 aliphatic heterocycles. The highest BCUT2D eigenvalue weighted by atomic mass is 35.5. The molecule has 39 heavy (non-hydrogen) atoms. The highest BCUT2D eigenvalue weighted by molar-refractivity contribution is 6.30. The number of benzene rings is 2. The molecule has 1 unspecified atom stereocenters. The molecule has 1 aromatic heterocycles.